The zero-order valence-corrected chi connectivity index (χ0v) is 15.4. The van der Waals surface area contributed by atoms with Gasteiger partial charge in [0.15, 0.2) is 11.5 Å². The maximum Gasteiger partial charge on any atom is 0.269 e. The van der Waals surface area contributed by atoms with Crippen molar-refractivity contribution in [2.24, 2.45) is 0 Å². The fraction of sp³-hybridized carbons (Fsp3) is 0.0526. The summed E-state index contributed by atoms with van der Waals surface area (Å²) in [5.41, 5.74) is 1.55. The zero-order chi connectivity index (χ0) is 18.3. The molecule has 0 bridgehead atoms. The molecule has 4 rings (SSSR count). The van der Waals surface area contributed by atoms with Crippen LogP contribution in [0.15, 0.2) is 71.6 Å². The highest BCUT2D eigenvalue weighted by Gasteiger charge is 2.24. The van der Waals surface area contributed by atoms with Crippen LogP contribution in [-0.4, -0.2) is 22.4 Å². The van der Waals surface area contributed by atoms with Gasteiger partial charge in [-0.05, 0) is 25.1 Å². The highest BCUT2D eigenvalue weighted by Crippen LogP contribution is 2.30. The van der Waals surface area contributed by atoms with E-state index in [1.807, 2.05) is 30.3 Å². The van der Waals surface area contributed by atoms with E-state index in [4.69, 9.17) is 11.6 Å². The second kappa shape index (κ2) is 6.23. The third-order valence-corrected chi connectivity index (χ3v) is 6.16. The molecule has 7 heteroatoms. The second-order valence-electron chi connectivity index (χ2n) is 5.81. The maximum atomic E-state index is 13.1. The van der Waals surface area contributed by atoms with Gasteiger partial charge in [0.2, 0.25) is 0 Å². The summed E-state index contributed by atoms with van der Waals surface area (Å²) in [7, 11) is -3.80. The summed E-state index contributed by atoms with van der Waals surface area (Å²) < 4.78 is 27.5. The van der Waals surface area contributed by atoms with Gasteiger partial charge in [0, 0.05) is 11.3 Å². The van der Waals surface area contributed by atoms with Gasteiger partial charge in [0.05, 0.1) is 10.3 Å². The van der Waals surface area contributed by atoms with Gasteiger partial charge in [-0.2, -0.15) is 0 Å². The topological polar surface area (TPSA) is 64.8 Å². The summed E-state index contributed by atoms with van der Waals surface area (Å²) in [6.45, 7) is 1.71. The molecular formula is C19H14ClN3O2S. The van der Waals surface area contributed by atoms with Gasteiger partial charge in [0.25, 0.3) is 10.0 Å². The first-order valence-electron chi connectivity index (χ1n) is 7.90. The first-order chi connectivity index (χ1) is 12.5. The number of hydrogen-bond acceptors (Lipinski definition) is 4. The molecule has 0 fully saturated rings. The summed E-state index contributed by atoms with van der Waals surface area (Å²) in [5.74, 6) is 0.380. The van der Waals surface area contributed by atoms with Crippen LogP contribution in [0.25, 0.3) is 22.4 Å². The molecule has 0 aliphatic heterocycles. The summed E-state index contributed by atoms with van der Waals surface area (Å²) >= 11 is 6.33. The van der Waals surface area contributed by atoms with Crippen LogP contribution in [0.2, 0.25) is 5.15 Å². The SMILES string of the molecule is Cc1cc2c(Cl)nc(-c3ccccc3)nc2n1S(=O)(=O)c1ccccc1. The molecule has 0 spiro atoms. The minimum Gasteiger partial charge on any atom is -0.221 e. The number of fused-ring (bicyclic) bond motifs is 1. The maximum absolute atomic E-state index is 13.1. The van der Waals surface area contributed by atoms with Crippen molar-refractivity contribution < 1.29 is 8.42 Å². The molecule has 0 radical (unpaired) electrons. The summed E-state index contributed by atoms with van der Waals surface area (Å²) in [5, 5.41) is 0.724. The van der Waals surface area contributed by atoms with E-state index in [0.29, 0.717) is 16.9 Å². The molecule has 5 nitrogen and oxygen atoms in total. The summed E-state index contributed by atoms with van der Waals surface area (Å²) in [4.78, 5) is 9.03. The van der Waals surface area contributed by atoms with E-state index in [1.54, 1.807) is 43.3 Å². The van der Waals surface area contributed by atoms with Gasteiger partial charge >= 0.3 is 0 Å². The largest absolute Gasteiger partial charge is 0.269 e. The van der Waals surface area contributed by atoms with Crippen LogP contribution in [0.5, 0.6) is 0 Å². The van der Waals surface area contributed by atoms with E-state index < -0.39 is 10.0 Å². The normalized spacial score (nSPS) is 11.8. The van der Waals surface area contributed by atoms with Crippen molar-refractivity contribution >= 4 is 32.7 Å². The standard InChI is InChI=1S/C19H14ClN3O2S/c1-13-12-16-17(20)21-18(14-8-4-2-5-9-14)22-19(16)23(13)26(24,25)15-10-6-3-7-11-15/h2-12H,1H3. The Hall–Kier alpha value is -2.70. The number of aromatic nitrogens is 3. The van der Waals surface area contributed by atoms with E-state index >= 15 is 0 Å². The molecule has 2 heterocycles. The Morgan fingerprint density at radius 1 is 0.923 bits per heavy atom. The molecule has 4 aromatic rings. The molecule has 0 saturated carbocycles. The van der Waals surface area contributed by atoms with Gasteiger partial charge in [-0.3, -0.25) is 0 Å². The molecule has 0 amide bonds. The lowest BCUT2D eigenvalue weighted by Crippen LogP contribution is -2.15. The molecule has 26 heavy (non-hydrogen) atoms. The average Bonchev–Trinajstić information content (AvgIpc) is 3.00. The third kappa shape index (κ3) is 2.67. The number of nitrogens with zero attached hydrogens (tertiary/aromatic N) is 3. The minimum absolute atomic E-state index is 0.191. The lowest BCUT2D eigenvalue weighted by atomic mass is 10.2. The Morgan fingerprint density at radius 3 is 2.19 bits per heavy atom. The fourth-order valence-electron chi connectivity index (χ4n) is 2.86. The van der Waals surface area contributed by atoms with Gasteiger partial charge in [-0.25, -0.2) is 22.4 Å². The van der Waals surface area contributed by atoms with Crippen LogP contribution in [0, 0.1) is 6.92 Å². The highest BCUT2D eigenvalue weighted by atomic mass is 35.5. The van der Waals surface area contributed by atoms with Crippen LogP contribution < -0.4 is 0 Å². The number of hydrogen-bond donors (Lipinski definition) is 0. The number of rotatable bonds is 3. The zero-order valence-electron chi connectivity index (χ0n) is 13.8. The number of halogens is 1. The van der Waals surface area contributed by atoms with Crippen molar-refractivity contribution in [1.29, 1.82) is 0 Å². The minimum atomic E-state index is -3.80. The lowest BCUT2D eigenvalue weighted by Gasteiger charge is -2.10. The van der Waals surface area contributed by atoms with Gasteiger partial charge in [0.1, 0.15) is 5.15 Å². The molecule has 2 aromatic carbocycles. The van der Waals surface area contributed by atoms with Crippen molar-refractivity contribution in [3.05, 3.63) is 77.6 Å². The van der Waals surface area contributed by atoms with Crippen molar-refractivity contribution in [2.75, 3.05) is 0 Å². The third-order valence-electron chi connectivity index (χ3n) is 4.06. The number of aryl methyl sites for hydroxylation is 1. The van der Waals surface area contributed by atoms with E-state index in [-0.39, 0.29) is 15.7 Å². The van der Waals surface area contributed by atoms with Crippen molar-refractivity contribution in [3.63, 3.8) is 0 Å². The lowest BCUT2D eigenvalue weighted by molar-refractivity contribution is 0.587. The van der Waals surface area contributed by atoms with Gasteiger partial charge < -0.3 is 0 Å². The molecule has 2 aromatic heterocycles. The molecule has 0 N–H and O–H groups in total. The Kier molecular flexibility index (Phi) is 4.01. The van der Waals surface area contributed by atoms with E-state index in [0.717, 1.165) is 5.56 Å². The first kappa shape index (κ1) is 16.8. The molecule has 0 aliphatic rings. The van der Waals surface area contributed by atoms with Crippen LogP contribution in [-0.2, 0) is 10.0 Å². The molecule has 130 valence electrons. The molecular weight excluding hydrogens is 370 g/mol. The predicted octanol–water partition coefficient (Wildman–Crippen LogP) is 4.30. The van der Waals surface area contributed by atoms with Crippen LogP contribution in [0.3, 0.4) is 0 Å². The highest BCUT2D eigenvalue weighted by molar-refractivity contribution is 7.90. The van der Waals surface area contributed by atoms with Gasteiger partial charge in [-0.15, -0.1) is 0 Å². The van der Waals surface area contributed by atoms with E-state index in [2.05, 4.69) is 9.97 Å². The molecule has 0 atom stereocenters. The van der Waals surface area contributed by atoms with Crippen molar-refractivity contribution in [1.82, 2.24) is 13.9 Å². The molecule has 0 saturated heterocycles. The quantitative estimate of drug-likeness (QED) is 0.495. The average molecular weight is 384 g/mol. The smallest absolute Gasteiger partial charge is 0.221 e. The van der Waals surface area contributed by atoms with E-state index in [1.165, 1.54) is 3.97 Å². The number of benzene rings is 2. The Bertz CT molecular complexity index is 1200. The molecule has 0 unspecified atom stereocenters. The van der Waals surface area contributed by atoms with Crippen LogP contribution >= 0.6 is 11.6 Å². The predicted molar refractivity (Wildman–Crippen MR) is 102 cm³/mol. The fourth-order valence-corrected chi connectivity index (χ4v) is 4.59. The van der Waals surface area contributed by atoms with Crippen molar-refractivity contribution in [2.45, 2.75) is 11.8 Å². The monoisotopic (exact) mass is 383 g/mol. The van der Waals surface area contributed by atoms with Crippen LogP contribution in [0.4, 0.5) is 0 Å². The Balaban J connectivity index is 2.02. The van der Waals surface area contributed by atoms with E-state index in [9.17, 15) is 8.42 Å². The molecule has 0 aliphatic carbocycles. The van der Waals surface area contributed by atoms with Crippen LogP contribution in [0.1, 0.15) is 5.69 Å². The van der Waals surface area contributed by atoms with Gasteiger partial charge in [-0.1, -0.05) is 60.1 Å². The summed E-state index contributed by atoms with van der Waals surface area (Å²) in [6.07, 6.45) is 0. The second-order valence-corrected chi connectivity index (χ2v) is 7.95. The summed E-state index contributed by atoms with van der Waals surface area (Å²) in [6, 6.07) is 19.3. The van der Waals surface area contributed by atoms with Crippen molar-refractivity contribution in [3.8, 4) is 11.4 Å². The Labute approximate surface area is 156 Å². The Morgan fingerprint density at radius 2 is 1.54 bits per heavy atom. The first-order valence-corrected chi connectivity index (χ1v) is 9.72.